The van der Waals surface area contributed by atoms with Crippen molar-refractivity contribution >= 4 is 23.4 Å². The van der Waals surface area contributed by atoms with Crippen LogP contribution in [0.15, 0.2) is 78.2 Å². The summed E-state index contributed by atoms with van der Waals surface area (Å²) in [5.41, 5.74) is 5.38. The van der Waals surface area contributed by atoms with Crippen LogP contribution in [0.1, 0.15) is 37.3 Å². The Bertz CT molecular complexity index is 1300. The number of rotatable bonds is 6. The van der Waals surface area contributed by atoms with E-state index in [2.05, 4.69) is 57.9 Å². The predicted octanol–water partition coefficient (Wildman–Crippen LogP) is 5.52. The first-order valence-electron chi connectivity index (χ1n) is 11.6. The first-order chi connectivity index (χ1) is 16.6. The standard InChI is InChI=1S/C27H27N5OS/c1-19(2)22-12-4-6-14-24(22)32-26(21-10-7-15-28-17-21)29-30-27(32)34-18-25(33)31-16-8-11-20-9-3-5-13-23(20)31/h3-7,9-10,12-15,17,19H,8,11,16,18H2,1-2H3. The van der Waals surface area contributed by atoms with Crippen molar-refractivity contribution in [1.82, 2.24) is 19.7 Å². The maximum absolute atomic E-state index is 13.3. The highest BCUT2D eigenvalue weighted by molar-refractivity contribution is 7.99. The summed E-state index contributed by atoms with van der Waals surface area (Å²) in [6.45, 7) is 5.11. The summed E-state index contributed by atoms with van der Waals surface area (Å²) >= 11 is 1.43. The molecule has 34 heavy (non-hydrogen) atoms. The topological polar surface area (TPSA) is 63.9 Å². The molecular weight excluding hydrogens is 442 g/mol. The average Bonchev–Trinajstić information content (AvgIpc) is 3.31. The van der Waals surface area contributed by atoms with Crippen LogP contribution in [0.5, 0.6) is 0 Å². The third kappa shape index (κ3) is 4.35. The minimum atomic E-state index is 0.0896. The number of benzene rings is 2. The molecule has 0 spiro atoms. The van der Waals surface area contributed by atoms with Crippen LogP contribution in [0.25, 0.3) is 17.1 Å². The van der Waals surface area contributed by atoms with Crippen molar-refractivity contribution in [2.45, 2.75) is 37.8 Å². The van der Waals surface area contributed by atoms with Crippen molar-refractivity contribution in [1.29, 1.82) is 0 Å². The Hall–Kier alpha value is -3.45. The number of anilines is 1. The van der Waals surface area contributed by atoms with Gasteiger partial charge in [-0.25, -0.2) is 0 Å². The van der Waals surface area contributed by atoms with Crippen LogP contribution in [0.3, 0.4) is 0 Å². The van der Waals surface area contributed by atoms with Crippen LogP contribution in [0.4, 0.5) is 5.69 Å². The zero-order valence-corrected chi connectivity index (χ0v) is 20.2. The molecule has 0 saturated carbocycles. The monoisotopic (exact) mass is 469 g/mol. The number of hydrogen-bond acceptors (Lipinski definition) is 5. The number of thioether (sulfide) groups is 1. The lowest BCUT2D eigenvalue weighted by molar-refractivity contribution is -0.116. The van der Waals surface area contributed by atoms with Gasteiger partial charge in [0.25, 0.3) is 0 Å². The zero-order chi connectivity index (χ0) is 23.5. The second kappa shape index (κ2) is 9.81. The van der Waals surface area contributed by atoms with E-state index in [1.807, 2.05) is 41.3 Å². The van der Waals surface area contributed by atoms with Gasteiger partial charge in [-0.15, -0.1) is 10.2 Å². The summed E-state index contributed by atoms with van der Waals surface area (Å²) in [7, 11) is 0. The quantitative estimate of drug-likeness (QED) is 0.348. The Morgan fingerprint density at radius 2 is 1.79 bits per heavy atom. The van der Waals surface area contributed by atoms with E-state index in [9.17, 15) is 4.79 Å². The van der Waals surface area contributed by atoms with Gasteiger partial charge in [-0.2, -0.15) is 0 Å². The van der Waals surface area contributed by atoms with Crippen molar-refractivity contribution in [2.24, 2.45) is 0 Å². The molecule has 0 unspecified atom stereocenters. The highest BCUT2D eigenvalue weighted by Crippen LogP contribution is 2.33. The molecule has 1 aliphatic heterocycles. The fourth-order valence-electron chi connectivity index (χ4n) is 4.44. The molecule has 2 aromatic heterocycles. The summed E-state index contributed by atoms with van der Waals surface area (Å²) in [5.74, 6) is 1.43. The molecule has 0 radical (unpaired) electrons. The summed E-state index contributed by atoms with van der Waals surface area (Å²) in [6, 6.07) is 20.4. The number of pyridine rings is 1. The summed E-state index contributed by atoms with van der Waals surface area (Å²) in [5, 5.41) is 9.72. The smallest absolute Gasteiger partial charge is 0.237 e. The lowest BCUT2D eigenvalue weighted by atomic mass is 10.0. The number of carbonyl (C=O) groups is 1. The van der Waals surface area contributed by atoms with E-state index in [4.69, 9.17) is 0 Å². The minimum Gasteiger partial charge on any atom is -0.311 e. The SMILES string of the molecule is CC(C)c1ccccc1-n1c(SCC(=O)N2CCCc3ccccc32)nnc1-c1cccnc1. The van der Waals surface area contributed by atoms with Gasteiger partial charge in [-0.05, 0) is 54.2 Å². The molecule has 4 aromatic rings. The van der Waals surface area contributed by atoms with E-state index in [1.54, 1.807) is 12.4 Å². The molecule has 0 N–H and O–H groups in total. The van der Waals surface area contributed by atoms with Gasteiger partial charge < -0.3 is 4.90 Å². The van der Waals surface area contributed by atoms with Gasteiger partial charge >= 0.3 is 0 Å². The molecule has 1 amide bonds. The Kier molecular flexibility index (Phi) is 6.45. The fourth-order valence-corrected chi connectivity index (χ4v) is 5.26. The zero-order valence-electron chi connectivity index (χ0n) is 19.4. The number of aryl methyl sites for hydroxylation is 1. The number of hydrogen-bond donors (Lipinski definition) is 0. The van der Waals surface area contributed by atoms with Crippen LogP contribution in [-0.4, -0.2) is 38.0 Å². The van der Waals surface area contributed by atoms with Crippen molar-refractivity contribution in [3.05, 3.63) is 84.2 Å². The third-order valence-corrected chi connectivity index (χ3v) is 7.00. The molecular formula is C27H27N5OS. The average molecular weight is 470 g/mol. The number of aromatic nitrogens is 4. The molecule has 3 heterocycles. The Balaban J connectivity index is 1.49. The van der Waals surface area contributed by atoms with Crippen molar-refractivity contribution in [3.8, 4) is 17.1 Å². The number of amides is 1. The van der Waals surface area contributed by atoms with Crippen molar-refractivity contribution in [2.75, 3.05) is 17.2 Å². The summed E-state index contributed by atoms with van der Waals surface area (Å²) < 4.78 is 2.06. The van der Waals surface area contributed by atoms with Crippen LogP contribution in [0.2, 0.25) is 0 Å². The minimum absolute atomic E-state index is 0.0896. The summed E-state index contributed by atoms with van der Waals surface area (Å²) in [6.07, 6.45) is 5.54. The highest BCUT2D eigenvalue weighted by atomic mass is 32.2. The maximum atomic E-state index is 13.3. The van der Waals surface area contributed by atoms with Gasteiger partial charge in [0, 0.05) is 30.2 Å². The number of carbonyl (C=O) groups excluding carboxylic acids is 1. The first-order valence-corrected chi connectivity index (χ1v) is 12.6. The fraction of sp³-hybridized carbons (Fsp3) is 0.259. The van der Waals surface area contributed by atoms with Crippen molar-refractivity contribution in [3.63, 3.8) is 0 Å². The molecule has 0 saturated heterocycles. The Morgan fingerprint density at radius 3 is 2.59 bits per heavy atom. The predicted molar refractivity (Wildman–Crippen MR) is 137 cm³/mol. The Labute approximate surface area is 204 Å². The molecule has 0 atom stereocenters. The number of fused-ring (bicyclic) bond motifs is 1. The lowest BCUT2D eigenvalue weighted by Crippen LogP contribution is -2.36. The van der Waals surface area contributed by atoms with Gasteiger partial charge in [0.2, 0.25) is 5.91 Å². The van der Waals surface area contributed by atoms with E-state index in [0.717, 1.165) is 42.1 Å². The molecule has 1 aliphatic rings. The largest absolute Gasteiger partial charge is 0.311 e. The van der Waals surface area contributed by atoms with Crippen LogP contribution in [-0.2, 0) is 11.2 Å². The van der Waals surface area contributed by atoms with Crippen molar-refractivity contribution < 1.29 is 4.79 Å². The van der Waals surface area contributed by atoms with Crippen LogP contribution < -0.4 is 4.90 Å². The van der Waals surface area contributed by atoms with Gasteiger partial charge in [0.15, 0.2) is 11.0 Å². The van der Waals surface area contributed by atoms with Gasteiger partial charge in [0.1, 0.15) is 0 Å². The number of para-hydroxylation sites is 2. The van der Waals surface area contributed by atoms with E-state index >= 15 is 0 Å². The molecule has 0 bridgehead atoms. The van der Waals surface area contributed by atoms with E-state index in [-0.39, 0.29) is 5.91 Å². The maximum Gasteiger partial charge on any atom is 0.237 e. The summed E-state index contributed by atoms with van der Waals surface area (Å²) in [4.78, 5) is 19.5. The molecule has 2 aromatic carbocycles. The molecule has 172 valence electrons. The highest BCUT2D eigenvalue weighted by Gasteiger charge is 2.24. The normalized spacial score (nSPS) is 13.2. The second-order valence-corrected chi connectivity index (χ2v) is 9.61. The third-order valence-electron chi connectivity index (χ3n) is 6.09. The molecule has 0 fully saturated rings. The lowest BCUT2D eigenvalue weighted by Gasteiger charge is -2.29. The van der Waals surface area contributed by atoms with Gasteiger partial charge in [-0.1, -0.05) is 62.0 Å². The van der Waals surface area contributed by atoms with Gasteiger partial charge in [-0.3, -0.25) is 14.3 Å². The van der Waals surface area contributed by atoms with Crippen LogP contribution in [0, 0.1) is 0 Å². The molecule has 0 aliphatic carbocycles. The van der Waals surface area contributed by atoms with E-state index < -0.39 is 0 Å². The van der Waals surface area contributed by atoms with E-state index in [1.165, 1.54) is 22.9 Å². The van der Waals surface area contributed by atoms with Gasteiger partial charge in [0.05, 0.1) is 11.4 Å². The molecule has 7 heteroatoms. The first kappa shape index (κ1) is 22.3. The van der Waals surface area contributed by atoms with E-state index in [0.29, 0.717) is 16.8 Å². The molecule has 6 nitrogen and oxygen atoms in total. The molecule has 5 rings (SSSR count). The second-order valence-electron chi connectivity index (χ2n) is 8.66. The number of nitrogens with zero attached hydrogens (tertiary/aromatic N) is 5. The van der Waals surface area contributed by atoms with Crippen LogP contribution >= 0.6 is 11.8 Å². The Morgan fingerprint density at radius 1 is 1.00 bits per heavy atom.